The Balaban J connectivity index is 1.16. The monoisotopic (exact) mass is 488 g/mol. The molecule has 7 heteroatoms. The van der Waals surface area contributed by atoms with Crippen LogP contribution >= 0.6 is 0 Å². The minimum Gasteiger partial charge on any atom is -0.494 e. The van der Waals surface area contributed by atoms with Gasteiger partial charge >= 0.3 is 0 Å². The lowest BCUT2D eigenvalue weighted by molar-refractivity contribution is 0.0696. The summed E-state index contributed by atoms with van der Waals surface area (Å²) in [6.45, 7) is 5.74. The third-order valence-electron chi connectivity index (χ3n) is 7.52. The molecule has 0 bridgehead atoms. The Morgan fingerprint density at radius 1 is 0.972 bits per heavy atom. The SMILES string of the molecule is CNC(=O)c1cccc(C(=O)N2CCC(n3ccc4cc(OCCCN5CCCC5)ccc43)CC2)c1. The molecule has 36 heavy (non-hydrogen) atoms. The first kappa shape index (κ1) is 24.4. The van der Waals surface area contributed by atoms with Gasteiger partial charge < -0.3 is 24.4 Å². The molecule has 1 N–H and O–H groups in total. The van der Waals surface area contributed by atoms with Gasteiger partial charge in [-0.3, -0.25) is 9.59 Å². The van der Waals surface area contributed by atoms with Crippen LogP contribution in [0.3, 0.4) is 0 Å². The first-order valence-electron chi connectivity index (χ1n) is 13.2. The number of aromatic nitrogens is 1. The average Bonchev–Trinajstić information content (AvgIpc) is 3.60. The van der Waals surface area contributed by atoms with Gasteiger partial charge in [0.15, 0.2) is 0 Å². The molecule has 0 unspecified atom stereocenters. The van der Waals surface area contributed by atoms with E-state index in [0.29, 0.717) is 30.3 Å². The Hall–Kier alpha value is -3.32. The van der Waals surface area contributed by atoms with Crippen LogP contribution in [-0.2, 0) is 0 Å². The molecule has 0 spiro atoms. The zero-order chi connectivity index (χ0) is 24.9. The van der Waals surface area contributed by atoms with Crippen LogP contribution in [0.1, 0.15) is 58.9 Å². The van der Waals surface area contributed by atoms with Gasteiger partial charge in [-0.1, -0.05) is 6.07 Å². The van der Waals surface area contributed by atoms with Gasteiger partial charge in [-0.25, -0.2) is 0 Å². The van der Waals surface area contributed by atoms with Crippen molar-refractivity contribution in [1.82, 2.24) is 19.7 Å². The highest BCUT2D eigenvalue weighted by Crippen LogP contribution is 2.30. The summed E-state index contributed by atoms with van der Waals surface area (Å²) in [6.07, 6.45) is 7.69. The number of piperidine rings is 1. The number of nitrogens with one attached hydrogen (secondary N) is 1. The number of amides is 2. The molecule has 0 radical (unpaired) electrons. The van der Waals surface area contributed by atoms with E-state index in [2.05, 4.69) is 45.2 Å². The fourth-order valence-corrected chi connectivity index (χ4v) is 5.50. The first-order valence-corrected chi connectivity index (χ1v) is 13.2. The molecule has 5 rings (SSSR count). The van der Waals surface area contributed by atoms with E-state index in [1.807, 2.05) is 4.90 Å². The molecule has 0 aliphatic carbocycles. The maximum Gasteiger partial charge on any atom is 0.253 e. The topological polar surface area (TPSA) is 66.8 Å². The quantitative estimate of drug-likeness (QED) is 0.479. The minimum atomic E-state index is -0.182. The highest BCUT2D eigenvalue weighted by atomic mass is 16.5. The number of likely N-dealkylation sites (tertiary alicyclic amines) is 2. The van der Waals surface area contributed by atoms with Crippen LogP contribution in [0.25, 0.3) is 10.9 Å². The summed E-state index contributed by atoms with van der Waals surface area (Å²) in [5.74, 6) is 0.739. The normalized spacial score (nSPS) is 17.0. The summed E-state index contributed by atoms with van der Waals surface area (Å²) in [5.41, 5.74) is 2.28. The third-order valence-corrected chi connectivity index (χ3v) is 7.52. The third kappa shape index (κ3) is 5.41. The molecular formula is C29H36N4O3. The van der Waals surface area contributed by atoms with E-state index >= 15 is 0 Å². The van der Waals surface area contributed by atoms with Crippen molar-refractivity contribution in [3.8, 4) is 5.75 Å². The number of fused-ring (bicyclic) bond motifs is 1. The van der Waals surface area contributed by atoms with Gasteiger partial charge in [-0.15, -0.1) is 0 Å². The van der Waals surface area contributed by atoms with Crippen molar-refractivity contribution in [3.05, 3.63) is 65.9 Å². The summed E-state index contributed by atoms with van der Waals surface area (Å²) >= 11 is 0. The smallest absolute Gasteiger partial charge is 0.253 e. The molecule has 3 heterocycles. The van der Waals surface area contributed by atoms with E-state index < -0.39 is 0 Å². The Bertz CT molecular complexity index is 1210. The van der Waals surface area contributed by atoms with Crippen molar-refractivity contribution in [2.24, 2.45) is 0 Å². The summed E-state index contributed by atoms with van der Waals surface area (Å²) in [7, 11) is 1.59. The fraction of sp³-hybridized carbons (Fsp3) is 0.448. The van der Waals surface area contributed by atoms with E-state index in [4.69, 9.17) is 4.74 Å². The zero-order valence-corrected chi connectivity index (χ0v) is 21.1. The van der Waals surface area contributed by atoms with Gasteiger partial charge in [0.1, 0.15) is 5.75 Å². The highest BCUT2D eigenvalue weighted by Gasteiger charge is 2.25. The number of hydrogen-bond donors (Lipinski definition) is 1. The number of carbonyl (C=O) groups is 2. The number of ether oxygens (including phenoxy) is 1. The van der Waals surface area contributed by atoms with Crippen LogP contribution in [0.15, 0.2) is 54.7 Å². The number of rotatable bonds is 8. The number of hydrogen-bond acceptors (Lipinski definition) is 4. The number of carbonyl (C=O) groups excluding carboxylic acids is 2. The summed E-state index contributed by atoms with van der Waals surface area (Å²) < 4.78 is 8.38. The maximum atomic E-state index is 13.1. The van der Waals surface area contributed by atoms with E-state index in [9.17, 15) is 9.59 Å². The molecule has 0 saturated carbocycles. The number of nitrogens with zero attached hydrogens (tertiary/aromatic N) is 3. The molecule has 2 aliphatic rings. The fourth-order valence-electron chi connectivity index (χ4n) is 5.50. The van der Waals surface area contributed by atoms with Crippen molar-refractivity contribution in [2.75, 3.05) is 46.4 Å². The number of benzene rings is 2. The van der Waals surface area contributed by atoms with E-state index in [1.165, 1.54) is 36.8 Å². The van der Waals surface area contributed by atoms with Crippen LogP contribution in [0.2, 0.25) is 0 Å². The molecule has 7 nitrogen and oxygen atoms in total. The second-order valence-corrected chi connectivity index (χ2v) is 9.88. The molecule has 2 saturated heterocycles. The molecule has 1 aromatic heterocycles. The molecule has 2 aliphatic heterocycles. The average molecular weight is 489 g/mol. The molecular weight excluding hydrogens is 452 g/mol. The van der Waals surface area contributed by atoms with Gasteiger partial charge in [0.25, 0.3) is 11.8 Å². The van der Waals surface area contributed by atoms with E-state index in [-0.39, 0.29) is 11.8 Å². The highest BCUT2D eigenvalue weighted by molar-refractivity contribution is 5.99. The van der Waals surface area contributed by atoms with Crippen LogP contribution in [0.4, 0.5) is 0 Å². The summed E-state index contributed by atoms with van der Waals surface area (Å²) in [4.78, 5) is 29.4. The Kier molecular flexibility index (Phi) is 7.56. The van der Waals surface area contributed by atoms with Crippen LogP contribution in [0.5, 0.6) is 5.75 Å². The minimum absolute atomic E-state index is 0.0110. The second-order valence-electron chi connectivity index (χ2n) is 9.88. The molecule has 2 amide bonds. The Morgan fingerprint density at radius 3 is 2.53 bits per heavy atom. The van der Waals surface area contributed by atoms with E-state index in [0.717, 1.165) is 38.2 Å². The van der Waals surface area contributed by atoms with Crippen molar-refractivity contribution >= 4 is 22.7 Å². The van der Waals surface area contributed by atoms with Crippen LogP contribution in [-0.4, -0.2) is 72.6 Å². The predicted molar refractivity (Wildman–Crippen MR) is 142 cm³/mol. The van der Waals surface area contributed by atoms with Gasteiger partial charge in [-0.05, 0) is 87.7 Å². The lowest BCUT2D eigenvalue weighted by Crippen LogP contribution is -2.39. The van der Waals surface area contributed by atoms with Crippen molar-refractivity contribution in [1.29, 1.82) is 0 Å². The van der Waals surface area contributed by atoms with Crippen LogP contribution < -0.4 is 10.1 Å². The molecule has 2 aromatic carbocycles. The molecule has 0 atom stereocenters. The standard InChI is InChI=1S/C29H36N4O3/c1-30-28(34)23-6-4-7-24(20-23)29(35)32-16-11-25(12-17-32)33-18-10-22-21-26(8-9-27(22)33)36-19-5-15-31-13-2-3-14-31/h4,6-10,18,20-21,25H,2-3,5,11-17,19H2,1H3,(H,30,34). The zero-order valence-electron chi connectivity index (χ0n) is 21.1. The largest absolute Gasteiger partial charge is 0.494 e. The second kappa shape index (κ2) is 11.2. The lowest BCUT2D eigenvalue weighted by Gasteiger charge is -2.33. The Morgan fingerprint density at radius 2 is 1.75 bits per heavy atom. The van der Waals surface area contributed by atoms with Crippen molar-refractivity contribution in [2.45, 2.75) is 38.1 Å². The van der Waals surface area contributed by atoms with Crippen molar-refractivity contribution in [3.63, 3.8) is 0 Å². The predicted octanol–water partition coefficient (Wildman–Crippen LogP) is 4.34. The molecule has 190 valence electrons. The summed E-state index contributed by atoms with van der Waals surface area (Å²) in [5, 5.41) is 3.80. The maximum absolute atomic E-state index is 13.1. The first-order chi connectivity index (χ1) is 17.6. The Labute approximate surface area is 213 Å². The van der Waals surface area contributed by atoms with Crippen LogP contribution in [0, 0.1) is 0 Å². The van der Waals surface area contributed by atoms with Gasteiger partial charge in [-0.2, -0.15) is 0 Å². The van der Waals surface area contributed by atoms with Gasteiger partial charge in [0.2, 0.25) is 0 Å². The van der Waals surface area contributed by atoms with Gasteiger partial charge in [0, 0.05) is 61.0 Å². The summed E-state index contributed by atoms with van der Waals surface area (Å²) in [6, 6.07) is 15.8. The van der Waals surface area contributed by atoms with Crippen molar-refractivity contribution < 1.29 is 14.3 Å². The van der Waals surface area contributed by atoms with E-state index in [1.54, 1.807) is 31.3 Å². The molecule has 3 aromatic rings. The molecule has 2 fully saturated rings. The van der Waals surface area contributed by atoms with Gasteiger partial charge in [0.05, 0.1) is 6.61 Å². The lowest BCUT2D eigenvalue weighted by atomic mass is 10.0.